The SMILES string of the molecule is COc1c(C)cc(S(=O)(=O)NCCc2c(C)[nH]c3ccccc23)c(C)c1C. The zero-order valence-corrected chi connectivity index (χ0v) is 17.3. The van der Waals surface area contributed by atoms with Crippen molar-refractivity contribution in [2.45, 2.75) is 39.0 Å². The zero-order chi connectivity index (χ0) is 19.8. The molecule has 0 saturated carbocycles. The molecular formula is C21H26N2O3S. The third-order valence-corrected chi connectivity index (χ3v) is 6.75. The van der Waals surface area contributed by atoms with E-state index in [4.69, 9.17) is 4.74 Å². The third kappa shape index (κ3) is 3.59. The monoisotopic (exact) mass is 386 g/mol. The van der Waals surface area contributed by atoms with Gasteiger partial charge in [-0.3, -0.25) is 0 Å². The number of para-hydroxylation sites is 1. The Balaban J connectivity index is 1.83. The molecule has 0 saturated heterocycles. The average Bonchev–Trinajstić information content (AvgIpc) is 2.94. The number of hydrogen-bond donors (Lipinski definition) is 2. The van der Waals surface area contributed by atoms with Crippen molar-refractivity contribution in [1.82, 2.24) is 9.71 Å². The van der Waals surface area contributed by atoms with Gasteiger partial charge in [-0.05, 0) is 68.5 Å². The third-order valence-electron chi connectivity index (χ3n) is 5.17. The molecule has 1 heterocycles. The molecule has 0 atom stereocenters. The van der Waals surface area contributed by atoms with Crippen molar-refractivity contribution >= 4 is 20.9 Å². The van der Waals surface area contributed by atoms with Crippen LogP contribution in [0.1, 0.15) is 27.9 Å². The molecule has 0 radical (unpaired) electrons. The fraction of sp³-hybridized carbons (Fsp3) is 0.333. The standard InChI is InChI=1S/C21H26N2O3S/c1-13-12-20(14(2)15(3)21(13)26-5)27(24,25)22-11-10-17-16(4)23-19-9-7-6-8-18(17)19/h6-9,12,22-23H,10-11H2,1-5H3. The number of rotatable bonds is 6. The minimum atomic E-state index is -3.60. The molecule has 3 rings (SSSR count). The molecule has 144 valence electrons. The summed E-state index contributed by atoms with van der Waals surface area (Å²) in [6.45, 7) is 7.92. The first-order valence-corrected chi connectivity index (χ1v) is 10.4. The lowest BCUT2D eigenvalue weighted by Gasteiger charge is -2.16. The normalized spacial score (nSPS) is 11.9. The Labute approximate surface area is 160 Å². The summed E-state index contributed by atoms with van der Waals surface area (Å²) in [7, 11) is -1.99. The predicted octanol–water partition coefficient (Wildman–Crippen LogP) is 3.93. The Morgan fingerprint density at radius 2 is 1.78 bits per heavy atom. The number of nitrogens with one attached hydrogen (secondary N) is 2. The van der Waals surface area contributed by atoms with Gasteiger partial charge in [-0.1, -0.05) is 18.2 Å². The van der Waals surface area contributed by atoms with Crippen LogP contribution < -0.4 is 9.46 Å². The van der Waals surface area contributed by atoms with Crippen molar-refractivity contribution in [2.24, 2.45) is 0 Å². The quantitative estimate of drug-likeness (QED) is 0.674. The second-order valence-corrected chi connectivity index (χ2v) is 8.63. The number of hydrogen-bond acceptors (Lipinski definition) is 3. The van der Waals surface area contributed by atoms with Crippen molar-refractivity contribution in [3.8, 4) is 5.75 Å². The van der Waals surface area contributed by atoms with Crippen LogP contribution in [0.4, 0.5) is 0 Å². The highest BCUT2D eigenvalue weighted by Gasteiger charge is 2.21. The first-order valence-electron chi connectivity index (χ1n) is 8.97. The molecule has 0 amide bonds. The Morgan fingerprint density at radius 3 is 2.48 bits per heavy atom. The van der Waals surface area contributed by atoms with Gasteiger partial charge in [-0.15, -0.1) is 0 Å². The number of aromatic amines is 1. The summed E-state index contributed by atoms with van der Waals surface area (Å²) in [4.78, 5) is 3.67. The molecule has 0 fully saturated rings. The fourth-order valence-electron chi connectivity index (χ4n) is 3.66. The summed E-state index contributed by atoms with van der Waals surface area (Å²) < 4.78 is 33.9. The Bertz CT molecular complexity index is 1100. The topological polar surface area (TPSA) is 71.2 Å². The maximum absolute atomic E-state index is 12.9. The van der Waals surface area contributed by atoms with E-state index < -0.39 is 10.0 Å². The number of fused-ring (bicyclic) bond motifs is 1. The highest BCUT2D eigenvalue weighted by Crippen LogP contribution is 2.31. The maximum Gasteiger partial charge on any atom is 0.240 e. The number of methoxy groups -OCH3 is 1. The van der Waals surface area contributed by atoms with Crippen molar-refractivity contribution in [3.05, 3.63) is 58.3 Å². The lowest BCUT2D eigenvalue weighted by atomic mass is 10.1. The summed E-state index contributed by atoms with van der Waals surface area (Å²) in [5.41, 5.74) is 5.67. The minimum absolute atomic E-state index is 0.314. The number of H-pyrrole nitrogens is 1. The predicted molar refractivity (Wildman–Crippen MR) is 109 cm³/mol. The molecule has 0 aliphatic rings. The molecule has 2 aromatic carbocycles. The highest BCUT2D eigenvalue weighted by molar-refractivity contribution is 7.89. The van der Waals surface area contributed by atoms with Gasteiger partial charge >= 0.3 is 0 Å². The average molecular weight is 387 g/mol. The summed E-state index contributed by atoms with van der Waals surface area (Å²) in [6.07, 6.45) is 0.627. The van der Waals surface area contributed by atoms with E-state index in [1.807, 2.05) is 45.9 Å². The van der Waals surface area contributed by atoms with Gasteiger partial charge in [0.25, 0.3) is 0 Å². The van der Waals surface area contributed by atoms with Crippen molar-refractivity contribution in [1.29, 1.82) is 0 Å². The first kappa shape index (κ1) is 19.5. The Morgan fingerprint density at radius 1 is 1.07 bits per heavy atom. The first-order chi connectivity index (χ1) is 12.8. The van der Waals surface area contributed by atoms with Gasteiger partial charge in [-0.25, -0.2) is 13.1 Å². The summed E-state index contributed by atoms with van der Waals surface area (Å²) >= 11 is 0. The lowest BCUT2D eigenvalue weighted by Crippen LogP contribution is -2.27. The fourth-order valence-corrected chi connectivity index (χ4v) is 5.07. The summed E-state index contributed by atoms with van der Waals surface area (Å²) in [5, 5.41) is 1.14. The van der Waals surface area contributed by atoms with E-state index >= 15 is 0 Å². The van der Waals surface area contributed by atoms with Gasteiger partial charge in [0.05, 0.1) is 12.0 Å². The molecule has 1 aromatic heterocycles. The van der Waals surface area contributed by atoms with E-state index in [-0.39, 0.29) is 0 Å². The summed E-state index contributed by atoms with van der Waals surface area (Å²) in [5.74, 6) is 0.737. The van der Waals surface area contributed by atoms with Crippen LogP contribution in [-0.2, 0) is 16.4 Å². The van der Waals surface area contributed by atoms with Crippen LogP contribution in [-0.4, -0.2) is 27.1 Å². The van der Waals surface area contributed by atoms with Crippen LogP contribution in [0, 0.1) is 27.7 Å². The largest absolute Gasteiger partial charge is 0.496 e. The van der Waals surface area contributed by atoms with E-state index in [0.717, 1.165) is 39.0 Å². The molecule has 3 aromatic rings. The van der Waals surface area contributed by atoms with E-state index in [9.17, 15) is 8.42 Å². The van der Waals surface area contributed by atoms with Crippen LogP contribution in [0.15, 0.2) is 35.2 Å². The molecule has 6 heteroatoms. The number of sulfonamides is 1. The van der Waals surface area contributed by atoms with E-state index in [2.05, 4.69) is 15.8 Å². The number of benzene rings is 2. The molecule has 2 N–H and O–H groups in total. The van der Waals surface area contributed by atoms with E-state index in [0.29, 0.717) is 23.4 Å². The van der Waals surface area contributed by atoms with Crippen LogP contribution in [0.5, 0.6) is 5.75 Å². The van der Waals surface area contributed by atoms with Gasteiger partial charge in [0.15, 0.2) is 0 Å². The second-order valence-electron chi connectivity index (χ2n) is 6.90. The van der Waals surface area contributed by atoms with Gasteiger partial charge < -0.3 is 9.72 Å². The zero-order valence-electron chi connectivity index (χ0n) is 16.4. The summed E-state index contributed by atoms with van der Waals surface area (Å²) in [6, 6.07) is 9.75. The molecule has 27 heavy (non-hydrogen) atoms. The van der Waals surface area contributed by atoms with Gasteiger partial charge in [0.1, 0.15) is 5.75 Å². The van der Waals surface area contributed by atoms with Crippen molar-refractivity contribution in [2.75, 3.05) is 13.7 Å². The molecule has 0 spiro atoms. The van der Waals surface area contributed by atoms with E-state index in [1.165, 1.54) is 0 Å². The lowest BCUT2D eigenvalue weighted by molar-refractivity contribution is 0.407. The molecule has 0 aliphatic carbocycles. The van der Waals surface area contributed by atoms with Crippen molar-refractivity contribution in [3.63, 3.8) is 0 Å². The number of aryl methyl sites for hydroxylation is 2. The highest BCUT2D eigenvalue weighted by atomic mass is 32.2. The number of aromatic nitrogens is 1. The second kappa shape index (κ2) is 7.37. The van der Waals surface area contributed by atoms with E-state index in [1.54, 1.807) is 13.2 Å². The maximum atomic E-state index is 12.9. The van der Waals surface area contributed by atoms with Gasteiger partial charge in [-0.2, -0.15) is 0 Å². The molecule has 0 bridgehead atoms. The van der Waals surface area contributed by atoms with Gasteiger partial charge in [0.2, 0.25) is 10.0 Å². The van der Waals surface area contributed by atoms with Crippen LogP contribution >= 0.6 is 0 Å². The van der Waals surface area contributed by atoms with Crippen LogP contribution in [0.2, 0.25) is 0 Å². The van der Waals surface area contributed by atoms with Crippen molar-refractivity contribution < 1.29 is 13.2 Å². The minimum Gasteiger partial charge on any atom is -0.496 e. The molecule has 5 nitrogen and oxygen atoms in total. The number of ether oxygens (including phenoxy) is 1. The van der Waals surface area contributed by atoms with Gasteiger partial charge in [0, 0.05) is 23.1 Å². The smallest absolute Gasteiger partial charge is 0.240 e. The Kier molecular flexibility index (Phi) is 5.31. The Hall–Kier alpha value is -2.31. The van der Waals surface area contributed by atoms with Crippen LogP contribution in [0.25, 0.3) is 10.9 Å². The van der Waals surface area contributed by atoms with Crippen LogP contribution in [0.3, 0.4) is 0 Å². The molecular weight excluding hydrogens is 360 g/mol. The molecule has 0 unspecified atom stereocenters. The molecule has 0 aliphatic heterocycles.